The van der Waals surface area contributed by atoms with Crippen LogP contribution in [0.15, 0.2) is 59.7 Å². The molecule has 26 heavy (non-hydrogen) atoms. The van der Waals surface area contributed by atoms with Crippen LogP contribution in [0.25, 0.3) is 0 Å². The number of nitrogens with zero attached hydrogens (tertiary/aromatic N) is 2. The Morgan fingerprint density at radius 1 is 1.19 bits per heavy atom. The molecule has 8 nitrogen and oxygen atoms in total. The molecule has 0 saturated carbocycles. The Kier molecular flexibility index (Phi) is 6.71. The van der Waals surface area contributed by atoms with Crippen LogP contribution >= 0.6 is 0 Å². The predicted molar refractivity (Wildman–Crippen MR) is 99.3 cm³/mol. The molecule has 0 aliphatic heterocycles. The number of rotatable bonds is 8. The van der Waals surface area contributed by atoms with E-state index >= 15 is 0 Å². The minimum atomic E-state index is -0.458. The molecule has 0 atom stereocenters. The van der Waals surface area contributed by atoms with Gasteiger partial charge >= 0.3 is 0 Å². The van der Waals surface area contributed by atoms with Gasteiger partial charge in [-0.25, -0.2) is 0 Å². The molecule has 0 saturated heterocycles. The summed E-state index contributed by atoms with van der Waals surface area (Å²) in [4.78, 5) is 12.3. The summed E-state index contributed by atoms with van der Waals surface area (Å²) in [6.45, 7) is 0.647. The summed E-state index contributed by atoms with van der Waals surface area (Å²) >= 11 is 0. The van der Waals surface area contributed by atoms with Crippen molar-refractivity contribution in [3.8, 4) is 11.8 Å². The fraction of sp³-hybridized carbons (Fsp3) is 0.111. The second kappa shape index (κ2) is 9.44. The molecule has 0 spiro atoms. The molecular weight excluding hydrogens is 332 g/mol. The third-order valence-electron chi connectivity index (χ3n) is 3.22. The fourth-order valence-electron chi connectivity index (χ4n) is 1.99. The molecule has 5 N–H and O–H groups in total. The van der Waals surface area contributed by atoms with Crippen LogP contribution in [0.4, 0.5) is 5.69 Å². The lowest BCUT2D eigenvalue weighted by Crippen LogP contribution is -2.28. The van der Waals surface area contributed by atoms with Crippen molar-refractivity contribution in [3.63, 3.8) is 0 Å². The zero-order chi connectivity index (χ0) is 18.8. The zero-order valence-electron chi connectivity index (χ0n) is 13.9. The second-order valence-corrected chi connectivity index (χ2v) is 5.06. The van der Waals surface area contributed by atoms with E-state index in [-0.39, 0.29) is 11.6 Å². The van der Waals surface area contributed by atoms with Gasteiger partial charge in [-0.15, -0.1) is 0 Å². The van der Waals surface area contributed by atoms with E-state index in [1.54, 1.807) is 30.3 Å². The van der Waals surface area contributed by atoms with Crippen molar-refractivity contribution < 1.29 is 9.53 Å². The largest absolute Gasteiger partial charge is 0.492 e. The van der Waals surface area contributed by atoms with E-state index in [1.165, 1.54) is 0 Å². The van der Waals surface area contributed by atoms with E-state index in [1.807, 2.05) is 30.3 Å². The SMILES string of the molecule is N#C/C(=N\Nc1ccccc1C(=O)NCCOc1ccccc1)C(=N)N. The number of nitrogens with one attached hydrogen (secondary N) is 3. The highest BCUT2D eigenvalue weighted by molar-refractivity contribution is 6.45. The third-order valence-corrected chi connectivity index (χ3v) is 3.22. The standard InChI is InChI=1S/C18H18N6O2/c19-12-16(17(20)21)24-23-15-9-5-4-8-14(15)18(25)22-10-11-26-13-6-2-1-3-7-13/h1-9,23H,10-11H2,(H3,20,21)(H,22,25)/b24-16+. The summed E-state index contributed by atoms with van der Waals surface area (Å²) in [5.74, 6) is -0.0484. The maximum atomic E-state index is 12.3. The third kappa shape index (κ3) is 5.35. The summed E-state index contributed by atoms with van der Waals surface area (Å²) in [6.07, 6.45) is 0. The van der Waals surface area contributed by atoms with Crippen molar-refractivity contribution in [2.24, 2.45) is 10.8 Å². The molecule has 0 heterocycles. The maximum Gasteiger partial charge on any atom is 0.253 e. The molecule has 2 rings (SSSR count). The summed E-state index contributed by atoms with van der Waals surface area (Å²) in [6, 6.07) is 17.7. The number of nitriles is 1. The van der Waals surface area contributed by atoms with E-state index in [4.69, 9.17) is 21.1 Å². The number of para-hydroxylation sites is 2. The van der Waals surface area contributed by atoms with Gasteiger partial charge in [-0.2, -0.15) is 10.4 Å². The van der Waals surface area contributed by atoms with Gasteiger partial charge in [0.05, 0.1) is 17.8 Å². The minimum Gasteiger partial charge on any atom is -0.492 e. The number of amidine groups is 1. The average Bonchev–Trinajstić information content (AvgIpc) is 2.66. The zero-order valence-corrected chi connectivity index (χ0v) is 13.9. The first-order valence-electron chi connectivity index (χ1n) is 7.75. The van der Waals surface area contributed by atoms with E-state index < -0.39 is 5.84 Å². The van der Waals surface area contributed by atoms with Gasteiger partial charge in [0.1, 0.15) is 18.4 Å². The molecule has 1 amide bonds. The Balaban J connectivity index is 1.94. The van der Waals surface area contributed by atoms with Crippen molar-refractivity contribution in [1.82, 2.24) is 5.32 Å². The molecule has 0 unspecified atom stereocenters. The molecule has 0 bridgehead atoms. The van der Waals surface area contributed by atoms with Gasteiger partial charge in [-0.1, -0.05) is 30.3 Å². The van der Waals surface area contributed by atoms with Gasteiger partial charge in [0.2, 0.25) is 5.71 Å². The average molecular weight is 350 g/mol. The number of anilines is 1. The number of amides is 1. The van der Waals surface area contributed by atoms with Crippen LogP contribution in [0, 0.1) is 16.7 Å². The lowest BCUT2D eigenvalue weighted by molar-refractivity contribution is 0.0948. The summed E-state index contributed by atoms with van der Waals surface area (Å²) in [5, 5.41) is 22.6. The fourth-order valence-corrected chi connectivity index (χ4v) is 1.99. The first kappa shape index (κ1) is 18.5. The Bertz CT molecular complexity index is 842. The number of hydrazone groups is 1. The monoisotopic (exact) mass is 350 g/mol. The Labute approximate surface area is 150 Å². The Hall–Kier alpha value is -3.86. The lowest BCUT2D eigenvalue weighted by atomic mass is 10.1. The highest BCUT2D eigenvalue weighted by Gasteiger charge is 2.11. The smallest absolute Gasteiger partial charge is 0.253 e. The van der Waals surface area contributed by atoms with Crippen LogP contribution in [0.3, 0.4) is 0 Å². The van der Waals surface area contributed by atoms with Gasteiger partial charge in [0.25, 0.3) is 5.91 Å². The van der Waals surface area contributed by atoms with E-state index in [0.29, 0.717) is 24.4 Å². The van der Waals surface area contributed by atoms with Gasteiger partial charge in [0.15, 0.2) is 5.84 Å². The molecular formula is C18H18N6O2. The molecule has 8 heteroatoms. The highest BCUT2D eigenvalue weighted by Crippen LogP contribution is 2.15. The van der Waals surface area contributed by atoms with Crippen molar-refractivity contribution in [2.45, 2.75) is 0 Å². The number of benzene rings is 2. The summed E-state index contributed by atoms with van der Waals surface area (Å²) < 4.78 is 5.52. The number of hydrogen-bond acceptors (Lipinski definition) is 6. The maximum absolute atomic E-state index is 12.3. The Morgan fingerprint density at radius 2 is 1.88 bits per heavy atom. The normalized spacial score (nSPS) is 10.5. The van der Waals surface area contributed by atoms with E-state index in [0.717, 1.165) is 5.75 Å². The summed E-state index contributed by atoms with van der Waals surface area (Å²) in [5.41, 5.74) is 8.30. The van der Waals surface area contributed by atoms with Crippen molar-refractivity contribution in [3.05, 3.63) is 60.2 Å². The predicted octanol–water partition coefficient (Wildman–Crippen LogP) is 1.72. The molecule has 132 valence electrons. The number of hydrogen-bond donors (Lipinski definition) is 4. The lowest BCUT2D eigenvalue weighted by Gasteiger charge is -2.10. The number of carbonyl (C=O) groups excluding carboxylic acids is 1. The van der Waals surface area contributed by atoms with E-state index in [9.17, 15) is 4.79 Å². The summed E-state index contributed by atoms with van der Waals surface area (Å²) in [7, 11) is 0. The molecule has 0 radical (unpaired) electrons. The van der Waals surface area contributed by atoms with Gasteiger partial charge in [-0.3, -0.25) is 15.6 Å². The minimum absolute atomic E-state index is 0.267. The Morgan fingerprint density at radius 3 is 2.58 bits per heavy atom. The van der Waals surface area contributed by atoms with Crippen LogP contribution in [-0.2, 0) is 0 Å². The molecule has 0 aliphatic carbocycles. The van der Waals surface area contributed by atoms with Crippen LogP contribution < -0.4 is 21.2 Å². The first-order valence-corrected chi connectivity index (χ1v) is 7.75. The van der Waals surface area contributed by atoms with Crippen LogP contribution in [0.2, 0.25) is 0 Å². The second-order valence-electron chi connectivity index (χ2n) is 5.06. The number of nitrogens with two attached hydrogens (primary N) is 1. The van der Waals surface area contributed by atoms with Crippen molar-refractivity contribution in [2.75, 3.05) is 18.6 Å². The van der Waals surface area contributed by atoms with Crippen LogP contribution in [0.5, 0.6) is 5.75 Å². The molecule has 0 aromatic heterocycles. The van der Waals surface area contributed by atoms with Gasteiger partial charge in [0, 0.05) is 0 Å². The van der Waals surface area contributed by atoms with E-state index in [2.05, 4.69) is 15.8 Å². The van der Waals surface area contributed by atoms with Gasteiger partial charge in [-0.05, 0) is 24.3 Å². The molecule has 0 aliphatic rings. The number of carbonyl (C=O) groups is 1. The molecule has 2 aromatic carbocycles. The molecule has 2 aromatic rings. The van der Waals surface area contributed by atoms with Crippen LogP contribution in [0.1, 0.15) is 10.4 Å². The first-order chi connectivity index (χ1) is 12.6. The van der Waals surface area contributed by atoms with Crippen molar-refractivity contribution >= 4 is 23.1 Å². The highest BCUT2D eigenvalue weighted by atomic mass is 16.5. The van der Waals surface area contributed by atoms with Crippen molar-refractivity contribution in [1.29, 1.82) is 10.7 Å². The van der Waals surface area contributed by atoms with Crippen LogP contribution in [-0.4, -0.2) is 30.6 Å². The van der Waals surface area contributed by atoms with Gasteiger partial charge < -0.3 is 15.8 Å². The topological polar surface area (TPSA) is 136 Å². The number of ether oxygens (including phenoxy) is 1. The molecule has 0 fully saturated rings. The quantitative estimate of drug-likeness (QED) is 0.249.